The van der Waals surface area contributed by atoms with Gasteiger partial charge in [-0.3, -0.25) is 9.36 Å². The normalized spacial score (nSPS) is 18.4. The minimum Gasteiger partial charge on any atom is -0.368 e. The third-order valence-electron chi connectivity index (χ3n) is 2.92. The first-order valence-electron chi connectivity index (χ1n) is 6.06. The van der Waals surface area contributed by atoms with Gasteiger partial charge < -0.3 is 10.1 Å². The molecular formula is C12H13N5O2. The molecule has 19 heavy (non-hydrogen) atoms. The van der Waals surface area contributed by atoms with Crippen molar-refractivity contribution in [3.63, 3.8) is 0 Å². The Morgan fingerprint density at radius 1 is 1.37 bits per heavy atom. The lowest BCUT2D eigenvalue weighted by Crippen LogP contribution is -2.26. The van der Waals surface area contributed by atoms with Crippen LogP contribution in [0.5, 0.6) is 0 Å². The van der Waals surface area contributed by atoms with E-state index >= 15 is 0 Å². The molecule has 2 aromatic rings. The number of carbonyl (C=O) groups is 1. The topological polar surface area (TPSA) is 81.9 Å². The fourth-order valence-corrected chi connectivity index (χ4v) is 1.94. The Bertz CT molecular complexity index is 546. The van der Waals surface area contributed by atoms with Gasteiger partial charge in [0.05, 0.1) is 11.9 Å². The number of hydrogen-bond acceptors (Lipinski definition) is 5. The van der Waals surface area contributed by atoms with Gasteiger partial charge in [0.15, 0.2) is 0 Å². The van der Waals surface area contributed by atoms with Crippen LogP contribution in [-0.2, 0) is 9.53 Å². The van der Waals surface area contributed by atoms with E-state index in [-0.39, 0.29) is 12.0 Å². The monoisotopic (exact) mass is 259 g/mol. The number of pyridine rings is 1. The highest BCUT2D eigenvalue weighted by molar-refractivity contribution is 5.94. The summed E-state index contributed by atoms with van der Waals surface area (Å²) in [7, 11) is 0. The van der Waals surface area contributed by atoms with Crippen molar-refractivity contribution < 1.29 is 9.53 Å². The fraction of sp³-hybridized carbons (Fsp3) is 0.333. The minimum absolute atomic E-state index is 0.114. The summed E-state index contributed by atoms with van der Waals surface area (Å²) in [5.74, 6) is 0.580. The molecule has 1 N–H and O–H groups in total. The molecule has 1 aliphatic heterocycles. The Morgan fingerprint density at radius 3 is 2.84 bits per heavy atom. The maximum absolute atomic E-state index is 11.8. The van der Waals surface area contributed by atoms with E-state index in [4.69, 9.17) is 4.74 Å². The fourth-order valence-electron chi connectivity index (χ4n) is 1.94. The molecule has 0 bridgehead atoms. The van der Waals surface area contributed by atoms with Gasteiger partial charge >= 0.3 is 0 Å². The second kappa shape index (κ2) is 5.15. The average molecular weight is 259 g/mol. The summed E-state index contributed by atoms with van der Waals surface area (Å²) < 4.78 is 7.00. The van der Waals surface area contributed by atoms with Gasteiger partial charge in [-0.2, -0.15) is 0 Å². The zero-order chi connectivity index (χ0) is 13.1. The molecule has 3 rings (SSSR count). The van der Waals surface area contributed by atoms with E-state index in [1.54, 1.807) is 35.6 Å². The van der Waals surface area contributed by atoms with Gasteiger partial charge in [-0.05, 0) is 25.0 Å². The van der Waals surface area contributed by atoms with Crippen LogP contribution in [0.15, 0.2) is 31.0 Å². The third-order valence-corrected chi connectivity index (χ3v) is 2.92. The van der Waals surface area contributed by atoms with Gasteiger partial charge in [0.1, 0.15) is 24.6 Å². The van der Waals surface area contributed by atoms with Crippen LogP contribution >= 0.6 is 0 Å². The van der Waals surface area contributed by atoms with Gasteiger partial charge in [0.2, 0.25) is 0 Å². The molecule has 0 radical (unpaired) electrons. The number of nitrogens with zero attached hydrogens (tertiary/aromatic N) is 4. The lowest BCUT2D eigenvalue weighted by Gasteiger charge is -2.10. The summed E-state index contributed by atoms with van der Waals surface area (Å²) in [5, 5.41) is 10.2. The standard InChI is InChI=1S/C12H13N5O2/c18-12(10-2-1-5-19-10)16-9-3-4-11(13-6-9)17-7-14-15-8-17/h3-4,6-8,10H,1-2,5H2,(H,16,18). The molecule has 7 nitrogen and oxygen atoms in total. The van der Waals surface area contributed by atoms with Gasteiger partial charge in [0, 0.05) is 6.61 Å². The molecule has 98 valence electrons. The van der Waals surface area contributed by atoms with Crippen LogP contribution in [-0.4, -0.2) is 38.4 Å². The van der Waals surface area contributed by atoms with Crippen LogP contribution in [0.3, 0.4) is 0 Å². The summed E-state index contributed by atoms with van der Waals surface area (Å²) in [6, 6.07) is 3.57. The number of carbonyl (C=O) groups excluding carboxylic acids is 1. The average Bonchev–Trinajstić information content (AvgIpc) is 3.13. The van der Waals surface area contributed by atoms with Crippen molar-refractivity contribution in [1.29, 1.82) is 0 Å². The van der Waals surface area contributed by atoms with Crippen molar-refractivity contribution in [1.82, 2.24) is 19.7 Å². The smallest absolute Gasteiger partial charge is 0.253 e. The van der Waals surface area contributed by atoms with Crippen molar-refractivity contribution in [3.05, 3.63) is 31.0 Å². The molecule has 1 saturated heterocycles. The predicted molar refractivity (Wildman–Crippen MR) is 66.8 cm³/mol. The summed E-state index contributed by atoms with van der Waals surface area (Å²) >= 11 is 0. The Labute approximate surface area is 109 Å². The van der Waals surface area contributed by atoms with E-state index < -0.39 is 0 Å². The van der Waals surface area contributed by atoms with E-state index in [0.717, 1.165) is 12.8 Å². The lowest BCUT2D eigenvalue weighted by molar-refractivity contribution is -0.124. The van der Waals surface area contributed by atoms with Crippen molar-refractivity contribution in [3.8, 4) is 5.82 Å². The van der Waals surface area contributed by atoms with Crippen LogP contribution < -0.4 is 5.32 Å². The molecule has 2 aromatic heterocycles. The van der Waals surface area contributed by atoms with Crippen LogP contribution in [0.4, 0.5) is 5.69 Å². The summed E-state index contributed by atoms with van der Waals surface area (Å²) in [4.78, 5) is 16.1. The summed E-state index contributed by atoms with van der Waals surface area (Å²) in [6.45, 7) is 0.656. The highest BCUT2D eigenvalue weighted by Crippen LogP contribution is 2.15. The molecule has 0 spiro atoms. The molecule has 1 aliphatic rings. The summed E-state index contributed by atoms with van der Waals surface area (Å²) in [6.07, 6.45) is 6.10. The highest BCUT2D eigenvalue weighted by atomic mass is 16.5. The lowest BCUT2D eigenvalue weighted by atomic mass is 10.2. The van der Waals surface area contributed by atoms with Gasteiger partial charge in [-0.15, -0.1) is 10.2 Å². The van der Waals surface area contributed by atoms with Crippen LogP contribution in [0.25, 0.3) is 5.82 Å². The Balaban J connectivity index is 1.67. The van der Waals surface area contributed by atoms with E-state index in [0.29, 0.717) is 18.1 Å². The number of aromatic nitrogens is 4. The number of rotatable bonds is 3. The number of hydrogen-bond donors (Lipinski definition) is 1. The molecule has 7 heteroatoms. The van der Waals surface area contributed by atoms with E-state index in [9.17, 15) is 4.79 Å². The van der Waals surface area contributed by atoms with Crippen molar-refractivity contribution in [2.24, 2.45) is 0 Å². The molecule has 0 aliphatic carbocycles. The number of ether oxygens (including phenoxy) is 1. The van der Waals surface area contributed by atoms with Crippen LogP contribution in [0, 0.1) is 0 Å². The molecule has 1 atom stereocenters. The molecule has 1 fully saturated rings. The van der Waals surface area contributed by atoms with E-state index in [1.165, 1.54) is 0 Å². The van der Waals surface area contributed by atoms with E-state index in [2.05, 4.69) is 20.5 Å². The second-order valence-corrected chi connectivity index (χ2v) is 4.27. The molecule has 3 heterocycles. The molecule has 1 amide bonds. The maximum atomic E-state index is 11.8. The first-order chi connectivity index (χ1) is 9.33. The molecule has 0 saturated carbocycles. The maximum Gasteiger partial charge on any atom is 0.253 e. The van der Waals surface area contributed by atoms with Crippen molar-refractivity contribution in [2.75, 3.05) is 11.9 Å². The first-order valence-corrected chi connectivity index (χ1v) is 6.06. The Morgan fingerprint density at radius 2 is 2.21 bits per heavy atom. The number of anilines is 1. The SMILES string of the molecule is O=C(Nc1ccc(-n2cnnc2)nc1)C1CCCO1. The van der Waals surface area contributed by atoms with Gasteiger partial charge in [-0.25, -0.2) is 4.98 Å². The van der Waals surface area contributed by atoms with E-state index in [1.807, 2.05) is 0 Å². The second-order valence-electron chi connectivity index (χ2n) is 4.27. The van der Waals surface area contributed by atoms with Gasteiger partial charge in [-0.1, -0.05) is 0 Å². The first kappa shape index (κ1) is 11.8. The molecule has 1 unspecified atom stereocenters. The van der Waals surface area contributed by atoms with Crippen LogP contribution in [0.2, 0.25) is 0 Å². The Hall–Kier alpha value is -2.28. The quantitative estimate of drug-likeness (QED) is 0.880. The largest absolute Gasteiger partial charge is 0.368 e. The zero-order valence-corrected chi connectivity index (χ0v) is 10.2. The highest BCUT2D eigenvalue weighted by Gasteiger charge is 2.23. The summed E-state index contributed by atoms with van der Waals surface area (Å²) in [5.41, 5.74) is 0.650. The van der Waals surface area contributed by atoms with Crippen molar-refractivity contribution in [2.45, 2.75) is 18.9 Å². The molecule has 0 aromatic carbocycles. The third kappa shape index (κ3) is 2.60. The molecular weight excluding hydrogens is 246 g/mol. The van der Waals surface area contributed by atoms with Crippen molar-refractivity contribution >= 4 is 11.6 Å². The number of nitrogens with one attached hydrogen (secondary N) is 1. The van der Waals surface area contributed by atoms with Gasteiger partial charge in [0.25, 0.3) is 5.91 Å². The van der Waals surface area contributed by atoms with Crippen LogP contribution in [0.1, 0.15) is 12.8 Å². The Kier molecular flexibility index (Phi) is 3.20. The predicted octanol–water partition coefficient (Wildman–Crippen LogP) is 0.780. The zero-order valence-electron chi connectivity index (χ0n) is 10.2. The number of amides is 1. The minimum atomic E-state index is -0.336.